The SMILES string of the molecule is COc1cc(C)ccc1C(C)CCN. The third-order valence-corrected chi connectivity index (χ3v) is 2.52. The lowest BCUT2D eigenvalue weighted by molar-refractivity contribution is 0.405. The van der Waals surface area contributed by atoms with Crippen LogP contribution >= 0.6 is 0 Å². The minimum absolute atomic E-state index is 0.468. The monoisotopic (exact) mass is 193 g/mol. The second-order valence-electron chi connectivity index (χ2n) is 3.72. The number of ether oxygens (including phenoxy) is 1. The van der Waals surface area contributed by atoms with Crippen molar-refractivity contribution in [3.05, 3.63) is 29.3 Å². The fraction of sp³-hybridized carbons (Fsp3) is 0.500. The molecular formula is C12H19NO. The molecule has 14 heavy (non-hydrogen) atoms. The first kappa shape index (κ1) is 11.1. The van der Waals surface area contributed by atoms with E-state index in [-0.39, 0.29) is 0 Å². The molecule has 0 radical (unpaired) electrons. The first-order chi connectivity index (χ1) is 6.69. The summed E-state index contributed by atoms with van der Waals surface area (Å²) in [6.45, 7) is 4.97. The van der Waals surface area contributed by atoms with Crippen molar-refractivity contribution in [2.75, 3.05) is 13.7 Å². The molecule has 1 atom stereocenters. The molecule has 2 heteroatoms. The van der Waals surface area contributed by atoms with Gasteiger partial charge in [0.1, 0.15) is 5.75 Å². The lowest BCUT2D eigenvalue weighted by atomic mass is 9.96. The van der Waals surface area contributed by atoms with Gasteiger partial charge in [0.15, 0.2) is 0 Å². The summed E-state index contributed by atoms with van der Waals surface area (Å²) >= 11 is 0. The van der Waals surface area contributed by atoms with E-state index in [9.17, 15) is 0 Å². The Bertz CT molecular complexity index is 296. The third kappa shape index (κ3) is 2.48. The lowest BCUT2D eigenvalue weighted by Crippen LogP contribution is -2.05. The van der Waals surface area contributed by atoms with E-state index in [4.69, 9.17) is 10.5 Å². The Morgan fingerprint density at radius 1 is 1.43 bits per heavy atom. The number of hydrogen-bond donors (Lipinski definition) is 1. The number of nitrogens with two attached hydrogens (primary N) is 1. The van der Waals surface area contributed by atoms with Crippen LogP contribution in [-0.4, -0.2) is 13.7 Å². The van der Waals surface area contributed by atoms with Gasteiger partial charge in [-0.15, -0.1) is 0 Å². The molecule has 2 N–H and O–H groups in total. The van der Waals surface area contributed by atoms with Gasteiger partial charge in [0.05, 0.1) is 7.11 Å². The molecule has 1 aromatic carbocycles. The lowest BCUT2D eigenvalue weighted by Gasteiger charge is -2.15. The van der Waals surface area contributed by atoms with Gasteiger partial charge in [-0.05, 0) is 43.0 Å². The molecule has 0 aliphatic rings. The maximum Gasteiger partial charge on any atom is 0.122 e. The molecule has 1 rings (SSSR count). The van der Waals surface area contributed by atoms with Gasteiger partial charge in [-0.2, -0.15) is 0 Å². The smallest absolute Gasteiger partial charge is 0.122 e. The van der Waals surface area contributed by atoms with Crippen LogP contribution in [0.4, 0.5) is 0 Å². The Morgan fingerprint density at radius 2 is 2.14 bits per heavy atom. The van der Waals surface area contributed by atoms with Crippen molar-refractivity contribution >= 4 is 0 Å². The second-order valence-corrected chi connectivity index (χ2v) is 3.72. The number of hydrogen-bond acceptors (Lipinski definition) is 2. The van der Waals surface area contributed by atoms with E-state index in [0.717, 1.165) is 18.7 Å². The van der Waals surface area contributed by atoms with E-state index >= 15 is 0 Å². The van der Waals surface area contributed by atoms with E-state index in [2.05, 4.69) is 32.0 Å². The molecule has 1 unspecified atom stereocenters. The minimum Gasteiger partial charge on any atom is -0.496 e. The third-order valence-electron chi connectivity index (χ3n) is 2.52. The van der Waals surface area contributed by atoms with Crippen molar-refractivity contribution in [1.82, 2.24) is 0 Å². The van der Waals surface area contributed by atoms with Gasteiger partial charge in [-0.25, -0.2) is 0 Å². The van der Waals surface area contributed by atoms with Crippen molar-refractivity contribution in [3.8, 4) is 5.75 Å². The van der Waals surface area contributed by atoms with Crippen LogP contribution < -0.4 is 10.5 Å². The van der Waals surface area contributed by atoms with Crippen LogP contribution in [0.1, 0.15) is 30.4 Å². The molecule has 0 amide bonds. The van der Waals surface area contributed by atoms with E-state index in [1.165, 1.54) is 11.1 Å². The molecule has 78 valence electrons. The van der Waals surface area contributed by atoms with Crippen LogP contribution in [0.15, 0.2) is 18.2 Å². The van der Waals surface area contributed by atoms with Gasteiger partial charge in [0, 0.05) is 0 Å². The molecule has 1 aromatic rings. The molecule has 0 bridgehead atoms. The first-order valence-electron chi connectivity index (χ1n) is 5.03. The number of methoxy groups -OCH3 is 1. The molecule has 2 nitrogen and oxygen atoms in total. The summed E-state index contributed by atoms with van der Waals surface area (Å²) in [6, 6.07) is 6.32. The summed E-state index contributed by atoms with van der Waals surface area (Å²) in [4.78, 5) is 0. The van der Waals surface area contributed by atoms with Gasteiger partial charge in [-0.3, -0.25) is 0 Å². The second kappa shape index (κ2) is 5.01. The predicted octanol–water partition coefficient (Wildman–Crippen LogP) is 2.46. The Hall–Kier alpha value is -1.02. The van der Waals surface area contributed by atoms with E-state index in [0.29, 0.717) is 5.92 Å². The number of benzene rings is 1. The molecule has 0 saturated carbocycles. The molecular weight excluding hydrogens is 174 g/mol. The van der Waals surface area contributed by atoms with Crippen LogP contribution in [0.5, 0.6) is 5.75 Å². The van der Waals surface area contributed by atoms with Crippen LogP contribution in [0.3, 0.4) is 0 Å². The zero-order valence-corrected chi connectivity index (χ0v) is 9.21. The maximum absolute atomic E-state index is 5.55. The standard InChI is InChI=1S/C12H19NO/c1-9-4-5-11(10(2)6-7-13)12(8-9)14-3/h4-5,8,10H,6-7,13H2,1-3H3. The molecule has 0 fully saturated rings. The number of aryl methyl sites for hydroxylation is 1. The highest BCUT2D eigenvalue weighted by molar-refractivity contribution is 5.39. The molecule has 0 aliphatic heterocycles. The fourth-order valence-corrected chi connectivity index (χ4v) is 1.63. The largest absolute Gasteiger partial charge is 0.496 e. The quantitative estimate of drug-likeness (QED) is 0.797. The summed E-state index contributed by atoms with van der Waals surface area (Å²) in [5.74, 6) is 1.45. The van der Waals surface area contributed by atoms with Gasteiger partial charge >= 0.3 is 0 Å². The van der Waals surface area contributed by atoms with Crippen LogP contribution in [0.2, 0.25) is 0 Å². The van der Waals surface area contributed by atoms with Gasteiger partial charge in [0.25, 0.3) is 0 Å². The van der Waals surface area contributed by atoms with Crippen molar-refractivity contribution in [2.45, 2.75) is 26.2 Å². The van der Waals surface area contributed by atoms with Crippen LogP contribution in [0.25, 0.3) is 0 Å². The Balaban J connectivity index is 2.95. The van der Waals surface area contributed by atoms with Crippen molar-refractivity contribution in [2.24, 2.45) is 5.73 Å². The zero-order chi connectivity index (χ0) is 10.6. The van der Waals surface area contributed by atoms with Crippen molar-refractivity contribution in [1.29, 1.82) is 0 Å². The Morgan fingerprint density at radius 3 is 2.71 bits per heavy atom. The van der Waals surface area contributed by atoms with Crippen LogP contribution in [-0.2, 0) is 0 Å². The van der Waals surface area contributed by atoms with E-state index < -0.39 is 0 Å². The highest BCUT2D eigenvalue weighted by atomic mass is 16.5. The zero-order valence-electron chi connectivity index (χ0n) is 9.21. The summed E-state index contributed by atoms with van der Waals surface area (Å²) in [5, 5.41) is 0. The van der Waals surface area contributed by atoms with Gasteiger partial charge in [0.2, 0.25) is 0 Å². The summed E-state index contributed by atoms with van der Waals surface area (Å²) in [5.41, 5.74) is 8.03. The molecule has 0 saturated heterocycles. The first-order valence-corrected chi connectivity index (χ1v) is 5.03. The highest BCUT2D eigenvalue weighted by Crippen LogP contribution is 2.29. The normalized spacial score (nSPS) is 12.6. The van der Waals surface area contributed by atoms with Crippen molar-refractivity contribution < 1.29 is 4.74 Å². The molecule has 0 aromatic heterocycles. The Labute approximate surface area is 86.1 Å². The molecule has 0 aliphatic carbocycles. The molecule has 0 spiro atoms. The minimum atomic E-state index is 0.468. The summed E-state index contributed by atoms with van der Waals surface area (Å²) in [6.07, 6.45) is 0.999. The average molecular weight is 193 g/mol. The topological polar surface area (TPSA) is 35.2 Å². The van der Waals surface area contributed by atoms with E-state index in [1.54, 1.807) is 7.11 Å². The van der Waals surface area contributed by atoms with Gasteiger partial charge < -0.3 is 10.5 Å². The summed E-state index contributed by atoms with van der Waals surface area (Å²) < 4.78 is 5.35. The number of rotatable bonds is 4. The van der Waals surface area contributed by atoms with Gasteiger partial charge in [-0.1, -0.05) is 19.1 Å². The predicted molar refractivity (Wildman–Crippen MR) is 59.8 cm³/mol. The molecule has 0 heterocycles. The van der Waals surface area contributed by atoms with Crippen LogP contribution in [0, 0.1) is 6.92 Å². The highest BCUT2D eigenvalue weighted by Gasteiger charge is 2.10. The average Bonchev–Trinajstić information content (AvgIpc) is 2.17. The van der Waals surface area contributed by atoms with E-state index in [1.807, 2.05) is 0 Å². The fourth-order valence-electron chi connectivity index (χ4n) is 1.63. The van der Waals surface area contributed by atoms with Crippen molar-refractivity contribution in [3.63, 3.8) is 0 Å². The summed E-state index contributed by atoms with van der Waals surface area (Å²) in [7, 11) is 1.72. The Kier molecular flexibility index (Phi) is 3.96. The maximum atomic E-state index is 5.55.